The number of aromatic nitrogens is 2. The molecule has 0 saturated carbocycles. The van der Waals surface area contributed by atoms with Gasteiger partial charge in [0.05, 0.1) is 5.92 Å². The summed E-state index contributed by atoms with van der Waals surface area (Å²) in [5.41, 5.74) is 2.21. The minimum absolute atomic E-state index is 0.252. The first-order valence-electron chi connectivity index (χ1n) is 7.51. The number of benzene rings is 1. The van der Waals surface area contributed by atoms with Crippen molar-refractivity contribution < 1.29 is 9.90 Å². The highest BCUT2D eigenvalue weighted by atomic mass is 16.4. The summed E-state index contributed by atoms with van der Waals surface area (Å²) in [4.78, 5) is 19.0. The highest BCUT2D eigenvalue weighted by Crippen LogP contribution is 2.16. The number of hydrogen-bond acceptors (Lipinski definition) is 4. The average Bonchev–Trinajstić information content (AvgIpc) is 2.53. The number of unbranched alkanes of at least 4 members (excludes halogenated alkanes) is 1. The normalized spacial score (nSPS) is 11.9. The summed E-state index contributed by atoms with van der Waals surface area (Å²) in [5, 5.41) is 12.0. The topological polar surface area (TPSA) is 75.1 Å². The molecule has 1 aromatic heterocycles. The van der Waals surface area contributed by atoms with Gasteiger partial charge in [0.25, 0.3) is 0 Å². The summed E-state index contributed by atoms with van der Waals surface area (Å²) >= 11 is 0. The van der Waals surface area contributed by atoms with Gasteiger partial charge in [-0.3, -0.25) is 4.79 Å². The van der Waals surface area contributed by atoms with Crippen molar-refractivity contribution in [2.45, 2.75) is 32.6 Å². The highest BCUT2D eigenvalue weighted by Gasteiger charge is 2.09. The number of aryl methyl sites for hydroxylation is 1. The minimum Gasteiger partial charge on any atom is -0.481 e. The van der Waals surface area contributed by atoms with Crippen LogP contribution in [0.1, 0.15) is 31.7 Å². The Kier molecular flexibility index (Phi) is 5.89. The van der Waals surface area contributed by atoms with Crippen LogP contribution in [0.25, 0.3) is 0 Å². The third-order valence-electron chi connectivity index (χ3n) is 3.55. The molecule has 0 saturated heterocycles. The van der Waals surface area contributed by atoms with E-state index in [-0.39, 0.29) is 5.92 Å². The van der Waals surface area contributed by atoms with Crippen LogP contribution in [0.5, 0.6) is 0 Å². The molecular weight excluding hydrogens is 278 g/mol. The van der Waals surface area contributed by atoms with Gasteiger partial charge in [-0.05, 0) is 43.0 Å². The molecule has 0 aliphatic heterocycles. The van der Waals surface area contributed by atoms with Gasteiger partial charge in [0.15, 0.2) is 0 Å². The van der Waals surface area contributed by atoms with E-state index in [1.54, 1.807) is 25.4 Å². The number of carboxylic acids is 1. The van der Waals surface area contributed by atoms with Crippen molar-refractivity contribution in [1.82, 2.24) is 9.97 Å². The monoisotopic (exact) mass is 299 g/mol. The van der Waals surface area contributed by atoms with Gasteiger partial charge in [-0.25, -0.2) is 9.97 Å². The van der Waals surface area contributed by atoms with Crippen molar-refractivity contribution in [2.24, 2.45) is 5.92 Å². The van der Waals surface area contributed by atoms with Crippen molar-refractivity contribution >= 4 is 17.6 Å². The molecule has 22 heavy (non-hydrogen) atoms. The maximum absolute atomic E-state index is 10.7. The van der Waals surface area contributed by atoms with E-state index in [1.165, 1.54) is 5.56 Å². The fourth-order valence-electron chi connectivity index (χ4n) is 2.15. The van der Waals surface area contributed by atoms with Crippen LogP contribution in [0, 0.1) is 5.92 Å². The first-order chi connectivity index (χ1) is 10.6. The Balaban J connectivity index is 1.76. The van der Waals surface area contributed by atoms with Gasteiger partial charge in [0.2, 0.25) is 5.95 Å². The van der Waals surface area contributed by atoms with Crippen LogP contribution in [-0.2, 0) is 11.2 Å². The standard InChI is InChI=1S/C17H21N3O2/c1-13(16(21)22)5-2-3-6-14-7-9-15(10-8-14)20-17-18-11-4-12-19-17/h4,7-13H,2-3,5-6H2,1H3,(H,21,22)(H,18,19,20). The summed E-state index contributed by atoms with van der Waals surface area (Å²) in [6.45, 7) is 1.76. The Hall–Kier alpha value is -2.43. The van der Waals surface area contributed by atoms with Gasteiger partial charge < -0.3 is 10.4 Å². The Morgan fingerprint density at radius 2 is 1.86 bits per heavy atom. The van der Waals surface area contributed by atoms with Gasteiger partial charge in [0.1, 0.15) is 0 Å². The zero-order valence-corrected chi connectivity index (χ0v) is 12.7. The first-order valence-corrected chi connectivity index (χ1v) is 7.51. The lowest BCUT2D eigenvalue weighted by molar-refractivity contribution is -0.141. The van der Waals surface area contributed by atoms with Crippen molar-refractivity contribution in [2.75, 3.05) is 5.32 Å². The summed E-state index contributed by atoms with van der Waals surface area (Å²) < 4.78 is 0. The SMILES string of the molecule is CC(CCCCc1ccc(Nc2ncccn2)cc1)C(=O)O. The number of aliphatic carboxylic acids is 1. The minimum atomic E-state index is -0.710. The smallest absolute Gasteiger partial charge is 0.306 e. The molecule has 0 amide bonds. The quantitative estimate of drug-likeness (QED) is 0.728. The maximum atomic E-state index is 10.7. The molecule has 5 nitrogen and oxygen atoms in total. The Morgan fingerprint density at radius 3 is 2.50 bits per heavy atom. The second-order valence-electron chi connectivity index (χ2n) is 5.38. The molecule has 5 heteroatoms. The van der Waals surface area contributed by atoms with Crippen LogP contribution in [0.3, 0.4) is 0 Å². The van der Waals surface area contributed by atoms with E-state index in [2.05, 4.69) is 27.4 Å². The summed E-state index contributed by atoms with van der Waals surface area (Å²) in [6.07, 6.45) is 7.04. The number of hydrogen-bond donors (Lipinski definition) is 2. The van der Waals surface area contributed by atoms with Crippen LogP contribution in [-0.4, -0.2) is 21.0 Å². The molecule has 1 aromatic carbocycles. The molecule has 2 N–H and O–H groups in total. The van der Waals surface area contributed by atoms with Crippen LogP contribution in [0.15, 0.2) is 42.7 Å². The second kappa shape index (κ2) is 8.12. The number of nitrogens with one attached hydrogen (secondary N) is 1. The first kappa shape index (κ1) is 15.9. The molecule has 2 rings (SSSR count). The summed E-state index contributed by atoms with van der Waals surface area (Å²) in [6, 6.07) is 9.94. The van der Waals surface area contributed by atoms with Gasteiger partial charge in [-0.15, -0.1) is 0 Å². The Morgan fingerprint density at radius 1 is 1.18 bits per heavy atom. The molecule has 0 aliphatic carbocycles. The van der Waals surface area contributed by atoms with E-state index < -0.39 is 5.97 Å². The van der Waals surface area contributed by atoms with Crippen LogP contribution in [0.4, 0.5) is 11.6 Å². The zero-order valence-electron chi connectivity index (χ0n) is 12.7. The van der Waals surface area contributed by atoms with Crippen LogP contribution in [0.2, 0.25) is 0 Å². The van der Waals surface area contributed by atoms with Crippen LogP contribution < -0.4 is 5.32 Å². The molecule has 1 atom stereocenters. The second-order valence-corrected chi connectivity index (χ2v) is 5.38. The summed E-state index contributed by atoms with van der Waals surface area (Å²) in [7, 11) is 0. The Bertz CT molecular complexity index is 585. The zero-order chi connectivity index (χ0) is 15.8. The third kappa shape index (κ3) is 5.16. The average molecular weight is 299 g/mol. The summed E-state index contributed by atoms with van der Waals surface area (Å²) in [5.74, 6) is -0.381. The van der Waals surface area contributed by atoms with Gasteiger partial charge >= 0.3 is 5.97 Å². The number of nitrogens with zero attached hydrogens (tertiary/aromatic N) is 2. The number of carboxylic acid groups (broad SMARTS) is 1. The molecular formula is C17H21N3O2. The Labute approximate surface area is 130 Å². The van der Waals surface area contributed by atoms with E-state index >= 15 is 0 Å². The number of rotatable bonds is 8. The van der Waals surface area contributed by atoms with E-state index in [4.69, 9.17) is 5.11 Å². The van der Waals surface area contributed by atoms with E-state index in [0.29, 0.717) is 5.95 Å². The van der Waals surface area contributed by atoms with Crippen molar-refractivity contribution in [3.8, 4) is 0 Å². The maximum Gasteiger partial charge on any atom is 0.306 e. The highest BCUT2D eigenvalue weighted by molar-refractivity contribution is 5.69. The fraction of sp³-hybridized carbons (Fsp3) is 0.353. The van der Waals surface area contributed by atoms with Crippen molar-refractivity contribution in [1.29, 1.82) is 0 Å². The molecule has 116 valence electrons. The lowest BCUT2D eigenvalue weighted by Gasteiger charge is -2.07. The number of anilines is 2. The third-order valence-corrected chi connectivity index (χ3v) is 3.55. The molecule has 0 fully saturated rings. The van der Waals surface area contributed by atoms with Crippen molar-refractivity contribution in [3.63, 3.8) is 0 Å². The van der Waals surface area contributed by atoms with Gasteiger partial charge in [0, 0.05) is 18.1 Å². The predicted octanol–water partition coefficient (Wildman–Crippen LogP) is 3.65. The molecule has 0 aliphatic rings. The molecule has 1 unspecified atom stereocenters. The lowest BCUT2D eigenvalue weighted by atomic mass is 10.0. The lowest BCUT2D eigenvalue weighted by Crippen LogP contribution is -2.08. The van der Waals surface area contributed by atoms with Gasteiger partial charge in [-0.2, -0.15) is 0 Å². The van der Waals surface area contributed by atoms with Gasteiger partial charge in [-0.1, -0.05) is 25.5 Å². The molecule has 0 bridgehead atoms. The molecule has 1 heterocycles. The number of carbonyl (C=O) groups is 1. The molecule has 0 radical (unpaired) electrons. The van der Waals surface area contributed by atoms with E-state index in [9.17, 15) is 4.79 Å². The fourth-order valence-corrected chi connectivity index (χ4v) is 2.15. The largest absolute Gasteiger partial charge is 0.481 e. The predicted molar refractivity (Wildman–Crippen MR) is 86.1 cm³/mol. The van der Waals surface area contributed by atoms with Crippen LogP contribution >= 0.6 is 0 Å². The molecule has 2 aromatic rings. The van der Waals surface area contributed by atoms with E-state index in [0.717, 1.165) is 31.4 Å². The van der Waals surface area contributed by atoms with E-state index in [1.807, 2.05) is 12.1 Å². The van der Waals surface area contributed by atoms with Crippen molar-refractivity contribution in [3.05, 3.63) is 48.3 Å². The molecule has 0 spiro atoms.